The van der Waals surface area contributed by atoms with E-state index in [1.807, 2.05) is 50.2 Å². The fourth-order valence-electron chi connectivity index (χ4n) is 6.95. The zero-order valence-corrected chi connectivity index (χ0v) is 32.3. The van der Waals surface area contributed by atoms with Crippen molar-refractivity contribution in [3.63, 3.8) is 0 Å². The Morgan fingerprint density at radius 1 is 0.719 bits per heavy atom. The molecule has 14 nitrogen and oxygen atoms in total. The van der Waals surface area contributed by atoms with E-state index in [4.69, 9.17) is 9.97 Å². The third-order valence-corrected chi connectivity index (χ3v) is 9.81. The standard InChI is InChI=1S/C41H46F2N8O6/c1-5-16-50(36(52)19-44-40(54)56-3)22-34-46-31-13-9-27-17-25(7-11-29(27)38(31)48-34)26-8-12-30-28(18-26)10-14-32-39(30)49-35(47-32)23-51(21-24(2)6-15-33(42)43)37(53)20-45-41(55)57-4/h7-14,17-18,24,33H,5-6,15-16,19-23H2,1-4H3,(H,44,54)(H,45,55)(H,46,48)(H,47,49)/t24-/m1/s1. The number of fused-ring (bicyclic) bond motifs is 6. The molecular weight excluding hydrogens is 738 g/mol. The molecule has 0 aliphatic heterocycles. The second-order valence-corrected chi connectivity index (χ2v) is 14.0. The summed E-state index contributed by atoms with van der Waals surface area (Å²) in [7, 11) is 2.45. The number of alkyl halides is 2. The van der Waals surface area contributed by atoms with Crippen molar-refractivity contribution in [3.05, 3.63) is 72.3 Å². The van der Waals surface area contributed by atoms with Crippen molar-refractivity contribution in [2.24, 2.45) is 5.92 Å². The van der Waals surface area contributed by atoms with E-state index in [2.05, 4.69) is 54.3 Å². The second-order valence-electron chi connectivity index (χ2n) is 14.0. The van der Waals surface area contributed by atoms with Gasteiger partial charge in [-0.3, -0.25) is 9.59 Å². The average Bonchev–Trinajstić information content (AvgIpc) is 3.83. The number of nitrogens with one attached hydrogen (secondary N) is 4. The summed E-state index contributed by atoms with van der Waals surface area (Å²) >= 11 is 0. The van der Waals surface area contributed by atoms with Crippen LogP contribution in [-0.2, 0) is 32.2 Å². The predicted octanol–water partition coefficient (Wildman–Crippen LogP) is 6.87. The topological polar surface area (TPSA) is 175 Å². The third kappa shape index (κ3) is 9.74. The average molecular weight is 785 g/mol. The summed E-state index contributed by atoms with van der Waals surface area (Å²) in [6, 6.07) is 20.3. The number of hydrogen-bond donors (Lipinski definition) is 4. The Bertz CT molecular complexity index is 2410. The number of rotatable bonds is 16. The molecule has 300 valence electrons. The number of benzene rings is 4. The monoisotopic (exact) mass is 784 g/mol. The Labute approximate surface area is 327 Å². The van der Waals surface area contributed by atoms with Gasteiger partial charge < -0.3 is 39.9 Å². The van der Waals surface area contributed by atoms with Crippen molar-refractivity contribution < 1.29 is 37.4 Å². The molecule has 0 saturated heterocycles. The lowest BCUT2D eigenvalue weighted by molar-refractivity contribution is -0.132. The van der Waals surface area contributed by atoms with E-state index in [9.17, 15) is 28.0 Å². The van der Waals surface area contributed by atoms with Gasteiger partial charge in [-0.15, -0.1) is 0 Å². The van der Waals surface area contributed by atoms with Crippen LogP contribution in [-0.4, -0.2) is 101 Å². The number of aromatic nitrogens is 4. The van der Waals surface area contributed by atoms with Gasteiger partial charge in [0, 0.05) is 30.3 Å². The maximum absolute atomic E-state index is 13.2. The molecule has 0 saturated carbocycles. The Morgan fingerprint density at radius 3 is 1.68 bits per heavy atom. The summed E-state index contributed by atoms with van der Waals surface area (Å²) in [6.45, 7) is 4.40. The molecule has 0 spiro atoms. The largest absolute Gasteiger partial charge is 0.453 e. The van der Waals surface area contributed by atoms with E-state index >= 15 is 0 Å². The summed E-state index contributed by atoms with van der Waals surface area (Å²) in [5.74, 6) is 0.333. The summed E-state index contributed by atoms with van der Waals surface area (Å²) in [4.78, 5) is 68.6. The highest BCUT2D eigenvalue weighted by Crippen LogP contribution is 2.32. The van der Waals surface area contributed by atoms with Crippen LogP contribution in [0.4, 0.5) is 18.4 Å². The Balaban J connectivity index is 1.22. The number of methoxy groups -OCH3 is 2. The highest BCUT2D eigenvalue weighted by atomic mass is 19.3. The number of H-pyrrole nitrogens is 2. The zero-order valence-electron chi connectivity index (χ0n) is 32.3. The lowest BCUT2D eigenvalue weighted by Crippen LogP contribution is -2.42. The molecule has 1 atom stereocenters. The molecule has 16 heteroatoms. The van der Waals surface area contributed by atoms with Crippen LogP contribution in [0.5, 0.6) is 0 Å². The molecule has 4 N–H and O–H groups in total. The lowest BCUT2D eigenvalue weighted by atomic mass is 9.98. The van der Waals surface area contributed by atoms with Crippen LogP contribution in [0, 0.1) is 5.92 Å². The quantitative estimate of drug-likeness (QED) is 0.0823. The van der Waals surface area contributed by atoms with E-state index in [0.29, 0.717) is 23.7 Å². The first kappa shape index (κ1) is 40.3. The highest BCUT2D eigenvalue weighted by molar-refractivity contribution is 6.07. The summed E-state index contributed by atoms with van der Waals surface area (Å²) in [5, 5.41) is 8.76. The van der Waals surface area contributed by atoms with Gasteiger partial charge in [-0.25, -0.2) is 28.3 Å². The minimum Gasteiger partial charge on any atom is -0.453 e. The third-order valence-electron chi connectivity index (χ3n) is 9.81. The predicted molar refractivity (Wildman–Crippen MR) is 213 cm³/mol. The van der Waals surface area contributed by atoms with Crippen molar-refractivity contribution in [2.45, 2.75) is 52.6 Å². The molecule has 0 radical (unpaired) electrons. The summed E-state index contributed by atoms with van der Waals surface area (Å²) in [5.41, 5.74) is 5.18. The van der Waals surface area contributed by atoms with Gasteiger partial charge in [-0.05, 0) is 64.9 Å². The van der Waals surface area contributed by atoms with E-state index in [1.54, 1.807) is 4.90 Å². The van der Waals surface area contributed by atoms with Gasteiger partial charge in [0.15, 0.2) is 0 Å². The molecule has 6 aromatic rings. The van der Waals surface area contributed by atoms with Crippen LogP contribution in [0.25, 0.3) is 54.7 Å². The first-order valence-electron chi connectivity index (χ1n) is 18.8. The number of carbonyl (C=O) groups excluding carboxylic acids is 4. The number of nitrogens with zero attached hydrogens (tertiary/aromatic N) is 4. The number of hydrogen-bond acceptors (Lipinski definition) is 8. The molecule has 0 aliphatic rings. The fourth-order valence-corrected chi connectivity index (χ4v) is 6.95. The first-order valence-corrected chi connectivity index (χ1v) is 18.8. The van der Waals surface area contributed by atoms with Gasteiger partial charge in [0.05, 0.1) is 49.4 Å². The normalized spacial score (nSPS) is 12.0. The molecule has 57 heavy (non-hydrogen) atoms. The number of aromatic amines is 2. The maximum atomic E-state index is 13.2. The maximum Gasteiger partial charge on any atom is 0.407 e. The SMILES string of the molecule is CCCN(Cc1nc2ccc3cc(-c4ccc5c(ccc6nc(CN(C[C@H](C)CCC(F)F)C(=O)CNC(=O)OC)[nH]c65)c4)ccc3c2[nH]1)C(=O)CNC(=O)OC. The van der Waals surface area contributed by atoms with Gasteiger partial charge in [-0.1, -0.05) is 50.2 Å². The molecule has 2 aromatic heterocycles. The van der Waals surface area contributed by atoms with Gasteiger partial charge in [0.1, 0.15) is 24.7 Å². The number of halogens is 2. The molecule has 4 amide bonds. The van der Waals surface area contributed by atoms with Crippen molar-refractivity contribution in [1.29, 1.82) is 0 Å². The highest BCUT2D eigenvalue weighted by Gasteiger charge is 2.21. The van der Waals surface area contributed by atoms with E-state index in [-0.39, 0.29) is 63.3 Å². The molecule has 0 aliphatic carbocycles. The van der Waals surface area contributed by atoms with Crippen LogP contribution in [0.1, 0.15) is 44.8 Å². The van der Waals surface area contributed by atoms with E-state index < -0.39 is 18.6 Å². The Morgan fingerprint density at radius 2 is 1.21 bits per heavy atom. The van der Waals surface area contributed by atoms with E-state index in [1.165, 1.54) is 19.1 Å². The molecule has 0 bridgehead atoms. The van der Waals surface area contributed by atoms with Gasteiger partial charge in [-0.2, -0.15) is 0 Å². The fraction of sp³-hybridized carbons (Fsp3) is 0.366. The smallest absolute Gasteiger partial charge is 0.407 e. The minimum atomic E-state index is -2.43. The number of imidazole rings is 2. The van der Waals surface area contributed by atoms with Gasteiger partial charge in [0.2, 0.25) is 18.2 Å². The Hall–Kier alpha value is -6.32. The first-order chi connectivity index (χ1) is 27.5. The van der Waals surface area contributed by atoms with Crippen LogP contribution < -0.4 is 10.6 Å². The van der Waals surface area contributed by atoms with Gasteiger partial charge in [0.25, 0.3) is 0 Å². The van der Waals surface area contributed by atoms with Crippen LogP contribution >= 0.6 is 0 Å². The molecule has 0 fully saturated rings. The Kier molecular flexibility index (Phi) is 12.8. The minimum absolute atomic E-state index is 0.0980. The molecular formula is C41H46F2N8O6. The number of amides is 4. The van der Waals surface area contributed by atoms with E-state index in [0.717, 1.165) is 55.6 Å². The van der Waals surface area contributed by atoms with Crippen molar-refractivity contribution in [2.75, 3.05) is 40.4 Å². The van der Waals surface area contributed by atoms with Crippen LogP contribution in [0.2, 0.25) is 0 Å². The number of carbonyl (C=O) groups is 4. The molecule has 0 unspecified atom stereocenters. The zero-order chi connectivity index (χ0) is 40.6. The van der Waals surface area contributed by atoms with Crippen LogP contribution in [0.3, 0.4) is 0 Å². The lowest BCUT2D eigenvalue weighted by Gasteiger charge is -2.25. The summed E-state index contributed by atoms with van der Waals surface area (Å²) < 4.78 is 35.0. The van der Waals surface area contributed by atoms with Crippen molar-refractivity contribution >= 4 is 67.6 Å². The summed E-state index contributed by atoms with van der Waals surface area (Å²) in [6.07, 6.45) is -3.12. The van der Waals surface area contributed by atoms with Crippen molar-refractivity contribution in [1.82, 2.24) is 40.4 Å². The van der Waals surface area contributed by atoms with Crippen LogP contribution in [0.15, 0.2) is 60.7 Å². The molecule has 2 heterocycles. The molecule has 6 rings (SSSR count). The number of alkyl carbamates (subject to hydrolysis) is 2. The van der Waals surface area contributed by atoms with Gasteiger partial charge >= 0.3 is 12.2 Å². The molecule has 4 aromatic carbocycles. The second kappa shape index (κ2) is 18.1. The van der Waals surface area contributed by atoms with Crippen molar-refractivity contribution in [3.8, 4) is 11.1 Å². The number of ether oxygens (including phenoxy) is 2.